The van der Waals surface area contributed by atoms with Crippen molar-refractivity contribution in [3.63, 3.8) is 0 Å². The van der Waals surface area contributed by atoms with Crippen LogP contribution < -0.4 is 0 Å². The van der Waals surface area contributed by atoms with Gasteiger partial charge in [0.25, 0.3) is 0 Å². The van der Waals surface area contributed by atoms with Gasteiger partial charge in [0, 0.05) is 22.8 Å². The van der Waals surface area contributed by atoms with Crippen LogP contribution in [0, 0.1) is 4.77 Å². The third-order valence-corrected chi connectivity index (χ3v) is 3.00. The SMILES string of the molecule is O=C(O)c1nc(=S)[nH]c2c1CSC2. The zero-order chi connectivity index (χ0) is 9.42. The van der Waals surface area contributed by atoms with E-state index in [2.05, 4.69) is 9.97 Å². The predicted molar refractivity (Wildman–Crippen MR) is 51.4 cm³/mol. The molecule has 0 aliphatic carbocycles. The van der Waals surface area contributed by atoms with Gasteiger partial charge in [-0.05, 0) is 12.2 Å². The summed E-state index contributed by atoms with van der Waals surface area (Å²) in [4.78, 5) is 17.5. The van der Waals surface area contributed by atoms with Gasteiger partial charge in [0.1, 0.15) is 0 Å². The Morgan fingerprint density at radius 3 is 3.08 bits per heavy atom. The molecule has 2 N–H and O–H groups in total. The van der Waals surface area contributed by atoms with Crippen molar-refractivity contribution < 1.29 is 9.90 Å². The molecule has 2 rings (SSSR count). The summed E-state index contributed by atoms with van der Waals surface area (Å²) in [7, 11) is 0. The van der Waals surface area contributed by atoms with E-state index in [1.54, 1.807) is 11.8 Å². The second kappa shape index (κ2) is 3.12. The molecule has 0 aromatic carbocycles. The molecule has 2 heterocycles. The van der Waals surface area contributed by atoms with E-state index in [-0.39, 0.29) is 10.5 Å². The predicted octanol–water partition coefficient (Wildman–Crippen LogP) is 1.58. The van der Waals surface area contributed by atoms with Crippen molar-refractivity contribution in [3.8, 4) is 0 Å². The second-order valence-electron chi connectivity index (χ2n) is 2.65. The third kappa shape index (κ3) is 1.47. The van der Waals surface area contributed by atoms with Crippen LogP contribution in [0.3, 0.4) is 0 Å². The number of nitrogens with zero attached hydrogens (tertiary/aromatic N) is 1. The number of hydrogen-bond acceptors (Lipinski definition) is 4. The van der Waals surface area contributed by atoms with Gasteiger partial charge in [-0.2, -0.15) is 11.8 Å². The number of aromatic carboxylic acids is 1. The van der Waals surface area contributed by atoms with Crippen molar-refractivity contribution in [2.45, 2.75) is 11.5 Å². The average Bonchev–Trinajstić information content (AvgIpc) is 2.49. The summed E-state index contributed by atoms with van der Waals surface area (Å²) in [6.07, 6.45) is 0. The molecule has 1 aromatic heterocycles. The lowest BCUT2D eigenvalue weighted by Crippen LogP contribution is -2.07. The Morgan fingerprint density at radius 2 is 2.38 bits per heavy atom. The summed E-state index contributed by atoms with van der Waals surface area (Å²) < 4.78 is 0.249. The number of aromatic amines is 1. The zero-order valence-electron chi connectivity index (χ0n) is 6.53. The molecular weight excluding hydrogens is 208 g/mol. The van der Waals surface area contributed by atoms with Gasteiger partial charge >= 0.3 is 5.97 Å². The van der Waals surface area contributed by atoms with Crippen LogP contribution in [0.2, 0.25) is 0 Å². The molecule has 0 atom stereocenters. The largest absolute Gasteiger partial charge is 0.476 e. The number of thioether (sulfide) groups is 1. The van der Waals surface area contributed by atoms with Crippen molar-refractivity contribution in [1.29, 1.82) is 0 Å². The molecule has 0 unspecified atom stereocenters. The van der Waals surface area contributed by atoms with E-state index in [9.17, 15) is 4.79 Å². The number of rotatable bonds is 1. The molecule has 0 saturated carbocycles. The molecule has 0 amide bonds. The highest BCUT2D eigenvalue weighted by Gasteiger charge is 2.21. The summed E-state index contributed by atoms with van der Waals surface area (Å²) >= 11 is 6.48. The Balaban J connectivity index is 2.69. The maximum Gasteiger partial charge on any atom is 0.354 e. The number of carboxylic acid groups (broad SMARTS) is 1. The van der Waals surface area contributed by atoms with Crippen LogP contribution in [-0.4, -0.2) is 21.0 Å². The van der Waals surface area contributed by atoms with E-state index in [0.29, 0.717) is 5.75 Å². The first kappa shape index (κ1) is 8.71. The van der Waals surface area contributed by atoms with Crippen LogP contribution in [0.4, 0.5) is 0 Å². The van der Waals surface area contributed by atoms with Gasteiger partial charge in [0.05, 0.1) is 0 Å². The summed E-state index contributed by atoms with van der Waals surface area (Å²) in [5.41, 5.74) is 1.79. The number of carboxylic acids is 1. The lowest BCUT2D eigenvalue weighted by atomic mass is 10.2. The molecule has 1 aliphatic heterocycles. The van der Waals surface area contributed by atoms with Crippen molar-refractivity contribution in [2.24, 2.45) is 0 Å². The van der Waals surface area contributed by atoms with Crippen molar-refractivity contribution in [1.82, 2.24) is 9.97 Å². The fourth-order valence-corrected chi connectivity index (χ4v) is 2.54. The van der Waals surface area contributed by atoms with Crippen LogP contribution >= 0.6 is 24.0 Å². The van der Waals surface area contributed by atoms with Crippen molar-refractivity contribution in [2.75, 3.05) is 0 Å². The number of H-pyrrole nitrogens is 1. The van der Waals surface area contributed by atoms with Gasteiger partial charge in [-0.25, -0.2) is 9.78 Å². The standard InChI is InChI=1S/C7H6N2O2S2/c10-6(11)5-3-1-13-2-4(3)8-7(12)9-5/h1-2H2,(H,10,11)(H,8,9,12). The summed E-state index contributed by atoms with van der Waals surface area (Å²) in [5, 5.41) is 8.84. The molecule has 1 aliphatic rings. The van der Waals surface area contributed by atoms with E-state index in [4.69, 9.17) is 17.3 Å². The molecule has 4 nitrogen and oxygen atoms in total. The molecule has 1 aromatic rings. The smallest absolute Gasteiger partial charge is 0.354 e. The van der Waals surface area contributed by atoms with Gasteiger partial charge in [-0.15, -0.1) is 0 Å². The van der Waals surface area contributed by atoms with Crippen LogP contribution in [0.5, 0.6) is 0 Å². The minimum absolute atomic E-state index is 0.101. The van der Waals surface area contributed by atoms with Gasteiger partial charge < -0.3 is 10.1 Å². The molecule has 0 spiro atoms. The lowest BCUT2D eigenvalue weighted by Gasteiger charge is -2.01. The highest BCUT2D eigenvalue weighted by Crippen LogP contribution is 2.29. The van der Waals surface area contributed by atoms with Gasteiger partial charge in [-0.1, -0.05) is 0 Å². The van der Waals surface area contributed by atoms with Crippen LogP contribution in [0.15, 0.2) is 0 Å². The third-order valence-electron chi connectivity index (χ3n) is 1.82. The second-order valence-corrected chi connectivity index (χ2v) is 4.02. The number of carbonyl (C=O) groups is 1. The first-order valence-corrected chi connectivity index (χ1v) is 5.18. The molecule has 0 fully saturated rings. The van der Waals surface area contributed by atoms with Gasteiger partial charge in [-0.3, -0.25) is 0 Å². The van der Waals surface area contributed by atoms with Crippen molar-refractivity contribution >= 4 is 29.9 Å². The maximum absolute atomic E-state index is 10.8. The molecule has 68 valence electrons. The lowest BCUT2D eigenvalue weighted by molar-refractivity contribution is 0.0689. The number of aromatic nitrogens is 2. The quantitative estimate of drug-likeness (QED) is 0.695. The molecule has 13 heavy (non-hydrogen) atoms. The Labute approximate surface area is 83.4 Å². The van der Waals surface area contributed by atoms with Gasteiger partial charge in [0.15, 0.2) is 10.5 Å². The van der Waals surface area contributed by atoms with Crippen molar-refractivity contribution in [3.05, 3.63) is 21.7 Å². The monoisotopic (exact) mass is 214 g/mol. The van der Waals surface area contributed by atoms with E-state index < -0.39 is 5.97 Å². The summed E-state index contributed by atoms with van der Waals surface area (Å²) in [6.45, 7) is 0. The molecule has 0 saturated heterocycles. The average molecular weight is 214 g/mol. The van der Waals surface area contributed by atoms with Crippen LogP contribution in [0.25, 0.3) is 0 Å². The Morgan fingerprint density at radius 1 is 1.62 bits per heavy atom. The fraction of sp³-hybridized carbons (Fsp3) is 0.286. The molecule has 0 radical (unpaired) electrons. The van der Waals surface area contributed by atoms with E-state index in [1.807, 2.05) is 0 Å². The molecule has 0 bridgehead atoms. The topological polar surface area (TPSA) is 66.0 Å². The van der Waals surface area contributed by atoms with Gasteiger partial charge in [0.2, 0.25) is 0 Å². The maximum atomic E-state index is 10.8. The number of nitrogens with one attached hydrogen (secondary N) is 1. The highest BCUT2D eigenvalue weighted by molar-refractivity contribution is 7.98. The minimum Gasteiger partial charge on any atom is -0.476 e. The Hall–Kier alpha value is -0.880. The highest BCUT2D eigenvalue weighted by atomic mass is 32.2. The van der Waals surface area contributed by atoms with Crippen LogP contribution in [-0.2, 0) is 11.5 Å². The zero-order valence-corrected chi connectivity index (χ0v) is 8.17. The fourth-order valence-electron chi connectivity index (χ4n) is 1.26. The summed E-state index contributed by atoms with van der Waals surface area (Å²) in [5.74, 6) is 0.497. The normalized spacial score (nSPS) is 14.2. The Kier molecular flexibility index (Phi) is 2.09. The molecular formula is C7H6N2O2S2. The Bertz CT molecular complexity index is 427. The van der Waals surface area contributed by atoms with E-state index >= 15 is 0 Å². The number of hydrogen-bond donors (Lipinski definition) is 2. The first-order chi connectivity index (χ1) is 6.18. The van der Waals surface area contributed by atoms with E-state index in [1.165, 1.54) is 0 Å². The van der Waals surface area contributed by atoms with E-state index in [0.717, 1.165) is 17.0 Å². The van der Waals surface area contributed by atoms with Crippen LogP contribution in [0.1, 0.15) is 21.7 Å². The molecule has 6 heteroatoms. The minimum atomic E-state index is -1.00. The first-order valence-electron chi connectivity index (χ1n) is 3.61. The summed E-state index contributed by atoms with van der Waals surface area (Å²) in [6, 6.07) is 0. The number of fused-ring (bicyclic) bond motifs is 1.